The summed E-state index contributed by atoms with van der Waals surface area (Å²) in [5, 5.41) is 5.15. The molecule has 0 aromatic carbocycles. The van der Waals surface area contributed by atoms with Crippen molar-refractivity contribution in [3.63, 3.8) is 0 Å². The van der Waals surface area contributed by atoms with E-state index in [4.69, 9.17) is 10.5 Å². The van der Waals surface area contributed by atoms with Crippen LogP contribution >= 0.6 is 11.3 Å². The molecule has 1 aliphatic heterocycles. The number of hydrogen-bond donors (Lipinski definition) is 2. The fourth-order valence-electron chi connectivity index (χ4n) is 1.66. The van der Waals surface area contributed by atoms with Crippen LogP contribution in [-0.2, 0) is 16.0 Å². The maximum atomic E-state index is 11.5. The average molecular weight is 241 g/mol. The van der Waals surface area contributed by atoms with Gasteiger partial charge in [-0.25, -0.2) is 4.98 Å². The van der Waals surface area contributed by atoms with E-state index in [1.165, 1.54) is 11.3 Å². The SMILES string of the molecule is Nc1nc(CC(=O)NCC2CCCO2)cs1. The molecule has 5 nitrogen and oxygen atoms in total. The molecule has 0 aliphatic carbocycles. The van der Waals surface area contributed by atoms with Gasteiger partial charge in [-0.05, 0) is 12.8 Å². The molecule has 0 saturated carbocycles. The van der Waals surface area contributed by atoms with Crippen molar-refractivity contribution in [3.8, 4) is 0 Å². The Morgan fingerprint density at radius 1 is 1.75 bits per heavy atom. The molecule has 2 heterocycles. The minimum atomic E-state index is -0.0270. The van der Waals surface area contributed by atoms with E-state index in [0.29, 0.717) is 18.1 Å². The zero-order valence-corrected chi connectivity index (χ0v) is 9.76. The minimum absolute atomic E-state index is 0.0270. The van der Waals surface area contributed by atoms with E-state index in [2.05, 4.69) is 10.3 Å². The molecule has 2 rings (SSSR count). The summed E-state index contributed by atoms with van der Waals surface area (Å²) < 4.78 is 5.41. The van der Waals surface area contributed by atoms with Crippen LogP contribution in [0.5, 0.6) is 0 Å². The van der Waals surface area contributed by atoms with E-state index in [9.17, 15) is 4.79 Å². The van der Waals surface area contributed by atoms with Crippen molar-refractivity contribution in [2.75, 3.05) is 18.9 Å². The molecular weight excluding hydrogens is 226 g/mol. The van der Waals surface area contributed by atoms with Gasteiger partial charge in [0.15, 0.2) is 5.13 Å². The Kier molecular flexibility index (Phi) is 3.74. The van der Waals surface area contributed by atoms with Gasteiger partial charge in [-0.1, -0.05) is 0 Å². The number of nitrogens with one attached hydrogen (secondary N) is 1. The van der Waals surface area contributed by atoms with Gasteiger partial charge in [0.2, 0.25) is 5.91 Å². The van der Waals surface area contributed by atoms with E-state index in [1.807, 2.05) is 0 Å². The standard InChI is InChI=1S/C10H15N3O2S/c11-10-13-7(6-16-10)4-9(14)12-5-8-2-1-3-15-8/h6,8H,1-5H2,(H2,11,13)(H,12,14). The molecule has 0 bridgehead atoms. The first-order valence-corrected chi connectivity index (χ1v) is 6.20. The molecule has 1 amide bonds. The third-order valence-electron chi connectivity index (χ3n) is 2.46. The molecule has 6 heteroatoms. The van der Waals surface area contributed by atoms with Crippen LogP contribution in [-0.4, -0.2) is 30.1 Å². The number of nitrogens with zero attached hydrogens (tertiary/aromatic N) is 1. The summed E-state index contributed by atoms with van der Waals surface area (Å²) in [6.07, 6.45) is 2.59. The molecule has 16 heavy (non-hydrogen) atoms. The normalized spacial score (nSPS) is 19.9. The van der Waals surface area contributed by atoms with Crippen LogP contribution in [0.25, 0.3) is 0 Å². The molecular formula is C10H15N3O2S. The third kappa shape index (κ3) is 3.18. The highest BCUT2D eigenvalue weighted by atomic mass is 32.1. The number of thiazole rings is 1. The predicted molar refractivity (Wildman–Crippen MR) is 62.2 cm³/mol. The van der Waals surface area contributed by atoms with Crippen LogP contribution in [0.1, 0.15) is 18.5 Å². The number of aromatic nitrogens is 1. The highest BCUT2D eigenvalue weighted by Crippen LogP contribution is 2.12. The Bertz CT molecular complexity index is 361. The van der Waals surface area contributed by atoms with Crippen molar-refractivity contribution in [2.24, 2.45) is 0 Å². The smallest absolute Gasteiger partial charge is 0.226 e. The highest BCUT2D eigenvalue weighted by Gasteiger charge is 2.16. The molecule has 0 radical (unpaired) electrons. The summed E-state index contributed by atoms with van der Waals surface area (Å²) in [6.45, 7) is 1.40. The average Bonchev–Trinajstić information content (AvgIpc) is 2.87. The number of anilines is 1. The first kappa shape index (κ1) is 11.3. The number of nitrogens with two attached hydrogens (primary N) is 1. The van der Waals surface area contributed by atoms with Gasteiger partial charge in [0.1, 0.15) is 0 Å². The van der Waals surface area contributed by atoms with Gasteiger partial charge in [-0.3, -0.25) is 4.79 Å². The van der Waals surface area contributed by atoms with Gasteiger partial charge in [0.25, 0.3) is 0 Å². The summed E-state index contributed by atoms with van der Waals surface area (Å²) in [4.78, 5) is 15.6. The van der Waals surface area contributed by atoms with Crippen LogP contribution in [0.15, 0.2) is 5.38 Å². The number of carbonyl (C=O) groups excluding carboxylic acids is 1. The Hall–Kier alpha value is -1.14. The van der Waals surface area contributed by atoms with Gasteiger partial charge >= 0.3 is 0 Å². The zero-order chi connectivity index (χ0) is 11.4. The number of hydrogen-bond acceptors (Lipinski definition) is 5. The first-order chi connectivity index (χ1) is 7.74. The molecule has 3 N–H and O–H groups in total. The molecule has 1 atom stereocenters. The molecule has 1 aliphatic rings. The lowest BCUT2D eigenvalue weighted by atomic mass is 10.2. The Labute approximate surface area is 98.0 Å². The van der Waals surface area contributed by atoms with Crippen molar-refractivity contribution in [3.05, 3.63) is 11.1 Å². The van der Waals surface area contributed by atoms with E-state index in [1.54, 1.807) is 5.38 Å². The number of nitrogen functional groups attached to an aromatic ring is 1. The highest BCUT2D eigenvalue weighted by molar-refractivity contribution is 7.13. The van der Waals surface area contributed by atoms with Crippen LogP contribution in [0.3, 0.4) is 0 Å². The minimum Gasteiger partial charge on any atom is -0.376 e. The van der Waals surface area contributed by atoms with Gasteiger partial charge in [0.05, 0.1) is 18.2 Å². The van der Waals surface area contributed by atoms with Gasteiger partial charge in [-0.2, -0.15) is 0 Å². The number of ether oxygens (including phenoxy) is 1. The van der Waals surface area contributed by atoms with Crippen molar-refractivity contribution in [1.82, 2.24) is 10.3 Å². The van der Waals surface area contributed by atoms with Gasteiger partial charge in [-0.15, -0.1) is 11.3 Å². The Morgan fingerprint density at radius 3 is 3.25 bits per heavy atom. The lowest BCUT2D eigenvalue weighted by molar-refractivity contribution is -0.121. The largest absolute Gasteiger partial charge is 0.376 e. The van der Waals surface area contributed by atoms with Crippen LogP contribution < -0.4 is 11.1 Å². The van der Waals surface area contributed by atoms with E-state index < -0.39 is 0 Å². The van der Waals surface area contributed by atoms with Crippen LogP contribution in [0.4, 0.5) is 5.13 Å². The number of carbonyl (C=O) groups is 1. The number of amides is 1. The maximum absolute atomic E-state index is 11.5. The molecule has 1 aromatic rings. The fraction of sp³-hybridized carbons (Fsp3) is 0.600. The quantitative estimate of drug-likeness (QED) is 0.807. The van der Waals surface area contributed by atoms with Gasteiger partial charge in [0, 0.05) is 18.5 Å². The summed E-state index contributed by atoms with van der Waals surface area (Å²) in [7, 11) is 0. The Morgan fingerprint density at radius 2 is 2.62 bits per heavy atom. The second-order valence-electron chi connectivity index (χ2n) is 3.79. The van der Waals surface area contributed by atoms with E-state index in [0.717, 1.165) is 25.1 Å². The second-order valence-corrected chi connectivity index (χ2v) is 4.68. The van der Waals surface area contributed by atoms with Crippen molar-refractivity contribution in [2.45, 2.75) is 25.4 Å². The lowest BCUT2D eigenvalue weighted by Gasteiger charge is -2.09. The summed E-state index contributed by atoms with van der Waals surface area (Å²) in [6, 6.07) is 0. The maximum Gasteiger partial charge on any atom is 0.226 e. The van der Waals surface area contributed by atoms with Crippen molar-refractivity contribution < 1.29 is 9.53 Å². The fourth-order valence-corrected chi connectivity index (χ4v) is 2.23. The summed E-state index contributed by atoms with van der Waals surface area (Å²) >= 11 is 1.35. The lowest BCUT2D eigenvalue weighted by Crippen LogP contribution is -2.32. The second kappa shape index (κ2) is 5.27. The molecule has 88 valence electrons. The monoisotopic (exact) mass is 241 g/mol. The van der Waals surface area contributed by atoms with Crippen molar-refractivity contribution in [1.29, 1.82) is 0 Å². The van der Waals surface area contributed by atoms with Crippen LogP contribution in [0.2, 0.25) is 0 Å². The molecule has 0 spiro atoms. The summed E-state index contributed by atoms with van der Waals surface area (Å²) in [5.74, 6) is -0.0270. The van der Waals surface area contributed by atoms with E-state index >= 15 is 0 Å². The molecule has 1 saturated heterocycles. The molecule has 1 fully saturated rings. The zero-order valence-electron chi connectivity index (χ0n) is 8.94. The molecule has 1 aromatic heterocycles. The summed E-state index contributed by atoms with van der Waals surface area (Å²) in [5.41, 5.74) is 6.21. The molecule has 1 unspecified atom stereocenters. The number of rotatable bonds is 4. The van der Waals surface area contributed by atoms with E-state index in [-0.39, 0.29) is 12.0 Å². The third-order valence-corrected chi connectivity index (χ3v) is 3.18. The van der Waals surface area contributed by atoms with Crippen LogP contribution in [0, 0.1) is 0 Å². The Balaban J connectivity index is 1.71. The topological polar surface area (TPSA) is 77.2 Å². The predicted octanol–water partition coefficient (Wildman–Crippen LogP) is 0.563. The first-order valence-electron chi connectivity index (χ1n) is 5.32. The van der Waals surface area contributed by atoms with Gasteiger partial charge < -0.3 is 15.8 Å². The van der Waals surface area contributed by atoms with Crippen molar-refractivity contribution >= 4 is 22.4 Å².